The molecule has 1 saturated heterocycles. The van der Waals surface area contributed by atoms with Crippen molar-refractivity contribution in [3.05, 3.63) is 35.9 Å². The molecule has 7 heteroatoms. The fourth-order valence-corrected chi connectivity index (χ4v) is 3.34. The third-order valence-corrected chi connectivity index (χ3v) is 4.92. The summed E-state index contributed by atoms with van der Waals surface area (Å²) in [4.78, 5) is 7.27. The Balaban J connectivity index is 0.00000420. The summed E-state index contributed by atoms with van der Waals surface area (Å²) in [6, 6.07) is 11.2. The van der Waals surface area contributed by atoms with Crippen LogP contribution in [0.2, 0.25) is 0 Å². The van der Waals surface area contributed by atoms with E-state index in [1.807, 2.05) is 0 Å². The molecule has 1 aliphatic heterocycles. The van der Waals surface area contributed by atoms with Gasteiger partial charge in [0.1, 0.15) is 0 Å². The normalized spacial score (nSPS) is 15.7. The lowest BCUT2D eigenvalue weighted by Crippen LogP contribution is -2.48. The molecule has 0 aliphatic carbocycles. The Morgan fingerprint density at radius 2 is 1.86 bits per heavy atom. The predicted molar refractivity (Wildman–Crippen MR) is 131 cm³/mol. The molecule has 2 rings (SSSR count). The van der Waals surface area contributed by atoms with E-state index in [9.17, 15) is 0 Å². The number of guanidine groups is 1. The van der Waals surface area contributed by atoms with Gasteiger partial charge in [0, 0.05) is 52.5 Å². The molecule has 1 fully saturated rings. The summed E-state index contributed by atoms with van der Waals surface area (Å²) >= 11 is 0. The van der Waals surface area contributed by atoms with E-state index in [0.717, 1.165) is 71.0 Å². The van der Waals surface area contributed by atoms with Gasteiger partial charge in [-0.15, -0.1) is 24.0 Å². The zero-order chi connectivity index (χ0) is 19.9. The Kier molecular flexibility index (Phi) is 15.2. The first-order chi connectivity index (χ1) is 13.8. The highest BCUT2D eigenvalue weighted by atomic mass is 127. The van der Waals surface area contributed by atoms with E-state index in [4.69, 9.17) is 14.5 Å². The second-order valence-corrected chi connectivity index (χ2v) is 7.25. The number of nitrogens with one attached hydrogen (secondary N) is 2. The number of unbranched alkanes of at least 4 members (excludes halogenated alkanes) is 1. The predicted octanol–water partition coefficient (Wildman–Crippen LogP) is 3.27. The first kappa shape index (κ1) is 26.1. The molecule has 29 heavy (non-hydrogen) atoms. The molecule has 0 atom stereocenters. The average Bonchev–Trinajstić information content (AvgIpc) is 2.72. The lowest BCUT2D eigenvalue weighted by atomic mass is 10.0. The second-order valence-electron chi connectivity index (χ2n) is 7.25. The fourth-order valence-electron chi connectivity index (χ4n) is 3.34. The smallest absolute Gasteiger partial charge is 0.191 e. The highest BCUT2D eigenvalue weighted by Gasteiger charge is 2.19. The van der Waals surface area contributed by atoms with E-state index in [1.165, 1.54) is 5.56 Å². The van der Waals surface area contributed by atoms with Crippen LogP contribution in [0.25, 0.3) is 0 Å². The van der Waals surface area contributed by atoms with Gasteiger partial charge in [-0.1, -0.05) is 30.3 Å². The highest BCUT2D eigenvalue weighted by Crippen LogP contribution is 2.13. The summed E-state index contributed by atoms with van der Waals surface area (Å²) in [6.45, 7) is 9.26. The van der Waals surface area contributed by atoms with Crippen molar-refractivity contribution in [3.8, 4) is 0 Å². The number of rotatable bonds is 12. The van der Waals surface area contributed by atoms with E-state index in [0.29, 0.717) is 19.3 Å². The van der Waals surface area contributed by atoms with Crippen molar-refractivity contribution in [2.45, 2.75) is 45.2 Å². The van der Waals surface area contributed by atoms with Crippen LogP contribution in [0.3, 0.4) is 0 Å². The molecular weight excluding hydrogens is 479 g/mol. The van der Waals surface area contributed by atoms with E-state index < -0.39 is 0 Å². The fraction of sp³-hybridized carbons (Fsp3) is 0.682. The van der Waals surface area contributed by atoms with E-state index in [1.54, 1.807) is 7.11 Å². The molecule has 2 N–H and O–H groups in total. The van der Waals surface area contributed by atoms with Gasteiger partial charge in [0.25, 0.3) is 0 Å². The van der Waals surface area contributed by atoms with Gasteiger partial charge in [-0.25, -0.2) is 0 Å². The summed E-state index contributed by atoms with van der Waals surface area (Å²) < 4.78 is 10.5. The zero-order valence-corrected chi connectivity index (χ0v) is 20.4. The molecule has 0 amide bonds. The van der Waals surface area contributed by atoms with Crippen LogP contribution >= 0.6 is 24.0 Å². The molecule has 0 unspecified atom stereocenters. The van der Waals surface area contributed by atoms with Crippen LogP contribution < -0.4 is 10.6 Å². The number of likely N-dealkylation sites (tertiary alicyclic amines) is 1. The molecule has 0 bridgehead atoms. The molecule has 0 spiro atoms. The minimum atomic E-state index is 0. The number of aliphatic imine (C=N–C) groups is 1. The van der Waals surface area contributed by atoms with Crippen LogP contribution in [0.15, 0.2) is 35.3 Å². The topological polar surface area (TPSA) is 58.1 Å². The summed E-state index contributed by atoms with van der Waals surface area (Å²) in [6.07, 6.45) is 4.39. The third kappa shape index (κ3) is 11.8. The summed E-state index contributed by atoms with van der Waals surface area (Å²) in [5.41, 5.74) is 1.40. The Bertz CT molecular complexity index is 537. The van der Waals surface area contributed by atoms with E-state index >= 15 is 0 Å². The number of halogens is 1. The van der Waals surface area contributed by atoms with Gasteiger partial charge in [0.15, 0.2) is 5.96 Å². The number of ether oxygens (including phenoxy) is 2. The maximum Gasteiger partial charge on any atom is 0.191 e. The quantitative estimate of drug-likeness (QED) is 0.193. The summed E-state index contributed by atoms with van der Waals surface area (Å²) in [5, 5.41) is 7.00. The number of hydrogen-bond acceptors (Lipinski definition) is 4. The van der Waals surface area contributed by atoms with Crippen molar-refractivity contribution < 1.29 is 9.47 Å². The number of methoxy groups -OCH3 is 1. The largest absolute Gasteiger partial charge is 0.382 e. The first-order valence-electron chi connectivity index (χ1n) is 10.7. The molecule has 0 radical (unpaired) electrons. The number of benzene rings is 1. The van der Waals surface area contributed by atoms with Crippen molar-refractivity contribution >= 4 is 29.9 Å². The summed E-state index contributed by atoms with van der Waals surface area (Å²) in [5.74, 6) is 0.948. The lowest BCUT2D eigenvalue weighted by molar-refractivity contribution is 0.0690. The molecule has 0 saturated carbocycles. The van der Waals surface area contributed by atoms with Crippen molar-refractivity contribution in [2.24, 2.45) is 4.99 Å². The van der Waals surface area contributed by atoms with Gasteiger partial charge in [0.05, 0.1) is 13.2 Å². The van der Waals surface area contributed by atoms with Crippen LogP contribution in [0.5, 0.6) is 0 Å². The zero-order valence-electron chi connectivity index (χ0n) is 18.1. The monoisotopic (exact) mass is 518 g/mol. The molecular formula is C22H39IN4O2. The summed E-state index contributed by atoms with van der Waals surface area (Å²) in [7, 11) is 1.69. The van der Waals surface area contributed by atoms with Crippen LogP contribution in [0.4, 0.5) is 0 Å². The highest BCUT2D eigenvalue weighted by molar-refractivity contribution is 14.0. The number of hydrogen-bond donors (Lipinski definition) is 2. The van der Waals surface area contributed by atoms with Gasteiger partial charge in [-0.05, 0) is 38.2 Å². The van der Waals surface area contributed by atoms with Gasteiger partial charge in [0.2, 0.25) is 0 Å². The molecule has 0 aromatic heterocycles. The standard InChI is InChI=1S/C22H38N4O2.HI/c1-3-23-22(24-13-7-8-16-28-18-17-27-2)25-21-11-14-26(15-12-21)19-20-9-5-4-6-10-20;/h4-6,9-10,21H,3,7-8,11-19H2,1-2H3,(H2,23,24,25);1H. The third-order valence-electron chi connectivity index (χ3n) is 4.92. The minimum absolute atomic E-state index is 0. The van der Waals surface area contributed by atoms with E-state index in [-0.39, 0.29) is 24.0 Å². The van der Waals surface area contributed by atoms with Crippen molar-refractivity contribution in [1.82, 2.24) is 15.5 Å². The Morgan fingerprint density at radius 1 is 1.10 bits per heavy atom. The first-order valence-corrected chi connectivity index (χ1v) is 10.7. The maximum absolute atomic E-state index is 5.49. The van der Waals surface area contributed by atoms with Crippen LogP contribution in [-0.4, -0.2) is 70.0 Å². The molecule has 166 valence electrons. The van der Waals surface area contributed by atoms with Crippen LogP contribution in [0.1, 0.15) is 38.2 Å². The second kappa shape index (κ2) is 16.8. The Hall–Kier alpha value is -0.900. The molecule has 1 heterocycles. The van der Waals surface area contributed by atoms with Gasteiger partial charge in [-0.2, -0.15) is 0 Å². The van der Waals surface area contributed by atoms with Gasteiger partial charge < -0.3 is 20.1 Å². The minimum Gasteiger partial charge on any atom is -0.382 e. The van der Waals surface area contributed by atoms with Crippen molar-refractivity contribution in [3.63, 3.8) is 0 Å². The van der Waals surface area contributed by atoms with Gasteiger partial charge >= 0.3 is 0 Å². The number of nitrogens with zero attached hydrogens (tertiary/aromatic N) is 2. The Labute approximate surface area is 193 Å². The molecule has 1 aromatic carbocycles. The average molecular weight is 518 g/mol. The SMILES string of the molecule is CCNC(=NCCCCOCCOC)NC1CCN(Cc2ccccc2)CC1.I. The van der Waals surface area contributed by atoms with Crippen molar-refractivity contribution in [2.75, 3.05) is 53.1 Å². The lowest BCUT2D eigenvalue weighted by Gasteiger charge is -2.33. The molecule has 1 aromatic rings. The van der Waals surface area contributed by atoms with Gasteiger partial charge in [-0.3, -0.25) is 9.89 Å². The molecule has 6 nitrogen and oxygen atoms in total. The Morgan fingerprint density at radius 3 is 2.55 bits per heavy atom. The van der Waals surface area contributed by atoms with Crippen LogP contribution in [-0.2, 0) is 16.0 Å². The maximum atomic E-state index is 5.49. The molecule has 1 aliphatic rings. The number of piperidine rings is 1. The van der Waals surface area contributed by atoms with E-state index in [2.05, 4.69) is 52.8 Å². The van der Waals surface area contributed by atoms with Crippen molar-refractivity contribution in [1.29, 1.82) is 0 Å². The van der Waals surface area contributed by atoms with Crippen LogP contribution in [0, 0.1) is 0 Å².